The van der Waals surface area contributed by atoms with Gasteiger partial charge in [0.1, 0.15) is 12.2 Å². The lowest BCUT2D eigenvalue weighted by atomic mass is 9.95. The van der Waals surface area contributed by atoms with Crippen LogP contribution in [0.1, 0.15) is 24.5 Å². The zero-order valence-electron chi connectivity index (χ0n) is 13.1. The minimum absolute atomic E-state index is 0.0445. The maximum atomic E-state index is 12.5. The molecule has 24 heavy (non-hydrogen) atoms. The van der Waals surface area contributed by atoms with Crippen LogP contribution in [-0.4, -0.2) is 22.8 Å². The standard InChI is InChI=1S/C20H17NO3/c22-18-9-11-20-10-8-17(24-20)19(23)15-12-14(6-7-16(15)21(18)20)13-4-2-1-3-5-13/h1-8,10,12,17,19,23H,9,11H2/t17-,19+,20-/m0/s1. The van der Waals surface area contributed by atoms with Gasteiger partial charge in [-0.1, -0.05) is 42.5 Å². The monoisotopic (exact) mass is 319 g/mol. The minimum atomic E-state index is -0.780. The van der Waals surface area contributed by atoms with Crippen LogP contribution in [0, 0.1) is 0 Å². The van der Waals surface area contributed by atoms with Crippen LogP contribution in [0.3, 0.4) is 0 Å². The van der Waals surface area contributed by atoms with Crippen molar-refractivity contribution in [3.63, 3.8) is 0 Å². The summed E-state index contributed by atoms with van der Waals surface area (Å²) in [6.07, 6.45) is 3.72. The molecule has 3 aliphatic heterocycles. The van der Waals surface area contributed by atoms with Gasteiger partial charge in [0.05, 0.1) is 5.69 Å². The number of benzene rings is 2. The van der Waals surface area contributed by atoms with Gasteiger partial charge in [0.15, 0.2) is 5.72 Å². The molecule has 120 valence electrons. The molecule has 1 N–H and O–H groups in total. The molecule has 2 bridgehead atoms. The second kappa shape index (κ2) is 4.79. The summed E-state index contributed by atoms with van der Waals surface area (Å²) in [5, 5.41) is 10.8. The van der Waals surface area contributed by atoms with Gasteiger partial charge in [-0.3, -0.25) is 9.69 Å². The van der Waals surface area contributed by atoms with Gasteiger partial charge in [-0.05, 0) is 29.3 Å². The Morgan fingerprint density at radius 3 is 2.79 bits per heavy atom. The first kappa shape index (κ1) is 14.0. The van der Waals surface area contributed by atoms with Gasteiger partial charge < -0.3 is 9.84 Å². The average Bonchev–Trinajstić information content (AvgIpc) is 3.16. The second-order valence-electron chi connectivity index (χ2n) is 6.60. The molecule has 1 fully saturated rings. The molecule has 5 rings (SSSR count). The molecule has 0 radical (unpaired) electrons. The van der Waals surface area contributed by atoms with E-state index in [2.05, 4.69) is 0 Å². The predicted molar refractivity (Wildman–Crippen MR) is 90.3 cm³/mol. The number of nitrogens with zero attached hydrogens (tertiary/aromatic N) is 1. The van der Waals surface area contributed by atoms with E-state index in [1.54, 1.807) is 4.90 Å². The zero-order valence-corrected chi connectivity index (χ0v) is 13.1. The van der Waals surface area contributed by atoms with Crippen LogP contribution in [0.4, 0.5) is 5.69 Å². The number of hydrogen-bond acceptors (Lipinski definition) is 3. The number of anilines is 1. The largest absolute Gasteiger partial charge is 0.385 e. The maximum Gasteiger partial charge on any atom is 0.229 e. The van der Waals surface area contributed by atoms with E-state index in [1.807, 2.05) is 60.7 Å². The van der Waals surface area contributed by atoms with E-state index in [0.717, 1.165) is 22.4 Å². The van der Waals surface area contributed by atoms with Gasteiger partial charge in [0, 0.05) is 18.4 Å². The Morgan fingerprint density at radius 2 is 1.96 bits per heavy atom. The van der Waals surface area contributed by atoms with E-state index >= 15 is 0 Å². The number of carbonyl (C=O) groups excluding carboxylic acids is 1. The van der Waals surface area contributed by atoms with Gasteiger partial charge in [0.2, 0.25) is 5.91 Å². The lowest BCUT2D eigenvalue weighted by Crippen LogP contribution is -2.45. The molecule has 1 amide bonds. The number of aliphatic hydroxyl groups excluding tert-OH is 1. The topological polar surface area (TPSA) is 49.8 Å². The number of ether oxygens (including phenoxy) is 1. The fourth-order valence-electron chi connectivity index (χ4n) is 4.04. The van der Waals surface area contributed by atoms with E-state index in [-0.39, 0.29) is 5.91 Å². The normalized spacial score (nSPS) is 30.2. The van der Waals surface area contributed by atoms with Crippen molar-refractivity contribution in [1.82, 2.24) is 0 Å². The molecule has 3 heterocycles. The van der Waals surface area contributed by atoms with Crippen LogP contribution < -0.4 is 4.90 Å². The molecule has 0 unspecified atom stereocenters. The van der Waals surface area contributed by atoms with Gasteiger partial charge in [-0.15, -0.1) is 0 Å². The van der Waals surface area contributed by atoms with E-state index in [1.165, 1.54) is 0 Å². The molecule has 3 atom stereocenters. The average molecular weight is 319 g/mol. The van der Waals surface area contributed by atoms with Crippen molar-refractivity contribution in [2.45, 2.75) is 30.8 Å². The fraction of sp³-hybridized carbons (Fsp3) is 0.250. The van der Waals surface area contributed by atoms with Crippen LogP contribution in [0.2, 0.25) is 0 Å². The summed E-state index contributed by atoms with van der Waals surface area (Å²) in [6, 6.07) is 15.9. The van der Waals surface area contributed by atoms with Crippen molar-refractivity contribution in [2.24, 2.45) is 0 Å². The Kier molecular flexibility index (Phi) is 2.78. The summed E-state index contributed by atoms with van der Waals surface area (Å²) in [5.41, 5.74) is 2.90. The number of rotatable bonds is 1. The lowest BCUT2D eigenvalue weighted by Gasteiger charge is -2.32. The van der Waals surface area contributed by atoms with Crippen molar-refractivity contribution >= 4 is 11.6 Å². The van der Waals surface area contributed by atoms with E-state index < -0.39 is 17.9 Å². The quantitative estimate of drug-likeness (QED) is 0.821. The summed E-state index contributed by atoms with van der Waals surface area (Å²) in [4.78, 5) is 14.2. The molecular formula is C20H17NO3. The second-order valence-corrected chi connectivity index (χ2v) is 6.60. The molecule has 0 saturated carbocycles. The highest BCUT2D eigenvalue weighted by Gasteiger charge is 2.53. The van der Waals surface area contributed by atoms with Crippen molar-refractivity contribution in [3.05, 3.63) is 66.2 Å². The highest BCUT2D eigenvalue weighted by molar-refractivity contribution is 5.99. The van der Waals surface area contributed by atoms with Gasteiger partial charge in [-0.25, -0.2) is 0 Å². The van der Waals surface area contributed by atoms with Crippen LogP contribution in [0.5, 0.6) is 0 Å². The van der Waals surface area contributed by atoms with Gasteiger partial charge in [0.25, 0.3) is 0 Å². The number of hydrogen-bond donors (Lipinski definition) is 1. The highest BCUT2D eigenvalue weighted by atomic mass is 16.5. The van der Waals surface area contributed by atoms with Gasteiger partial charge in [-0.2, -0.15) is 0 Å². The van der Waals surface area contributed by atoms with Crippen LogP contribution in [0.15, 0.2) is 60.7 Å². The fourth-order valence-corrected chi connectivity index (χ4v) is 4.04. The summed E-state index contributed by atoms with van der Waals surface area (Å²) >= 11 is 0. The van der Waals surface area contributed by atoms with Gasteiger partial charge >= 0.3 is 0 Å². The van der Waals surface area contributed by atoms with E-state index in [4.69, 9.17) is 4.74 Å². The first-order valence-electron chi connectivity index (χ1n) is 8.26. The number of carbonyl (C=O) groups is 1. The zero-order chi connectivity index (χ0) is 16.3. The summed E-state index contributed by atoms with van der Waals surface area (Å²) in [7, 11) is 0. The third-order valence-electron chi connectivity index (χ3n) is 5.22. The lowest BCUT2D eigenvalue weighted by molar-refractivity contribution is -0.119. The molecule has 0 aliphatic carbocycles. The number of fused-ring (bicyclic) bond motifs is 3. The molecule has 3 aliphatic rings. The van der Waals surface area contributed by atoms with E-state index in [0.29, 0.717) is 12.8 Å². The predicted octanol–water partition coefficient (Wildman–Crippen LogP) is 3.18. The Bertz CT molecular complexity index is 860. The maximum absolute atomic E-state index is 12.5. The van der Waals surface area contributed by atoms with Crippen LogP contribution in [0.25, 0.3) is 11.1 Å². The van der Waals surface area contributed by atoms with Crippen LogP contribution in [-0.2, 0) is 9.53 Å². The third-order valence-corrected chi connectivity index (χ3v) is 5.22. The SMILES string of the molecule is O=C1CC[C@]23C=C[C@H](O2)[C@H](O)c2cc(-c4ccccc4)ccc2N13. The highest BCUT2D eigenvalue weighted by Crippen LogP contribution is 2.49. The molecular weight excluding hydrogens is 302 g/mol. The van der Waals surface area contributed by atoms with Crippen molar-refractivity contribution in [2.75, 3.05) is 4.90 Å². The Hall–Kier alpha value is -2.43. The summed E-state index contributed by atoms with van der Waals surface area (Å²) < 4.78 is 6.09. The number of aliphatic hydroxyl groups is 1. The Morgan fingerprint density at radius 1 is 1.12 bits per heavy atom. The van der Waals surface area contributed by atoms with Crippen molar-refractivity contribution in [3.8, 4) is 11.1 Å². The minimum Gasteiger partial charge on any atom is -0.385 e. The smallest absolute Gasteiger partial charge is 0.229 e. The van der Waals surface area contributed by atoms with Crippen molar-refractivity contribution < 1.29 is 14.6 Å². The molecule has 4 nitrogen and oxygen atoms in total. The third kappa shape index (κ3) is 1.78. The first-order chi connectivity index (χ1) is 11.7. The number of amides is 1. The van der Waals surface area contributed by atoms with Crippen molar-refractivity contribution in [1.29, 1.82) is 0 Å². The molecule has 2 aromatic carbocycles. The summed E-state index contributed by atoms with van der Waals surface area (Å²) in [5.74, 6) is 0.0445. The molecule has 1 saturated heterocycles. The first-order valence-corrected chi connectivity index (χ1v) is 8.26. The summed E-state index contributed by atoms with van der Waals surface area (Å²) in [6.45, 7) is 0. The van der Waals surface area contributed by atoms with E-state index in [9.17, 15) is 9.90 Å². The Balaban J connectivity index is 1.70. The molecule has 4 heteroatoms. The molecule has 0 aromatic heterocycles. The van der Waals surface area contributed by atoms with Crippen LogP contribution >= 0.6 is 0 Å². The molecule has 2 aromatic rings. The Labute approximate surface area is 140 Å². The molecule has 1 spiro atoms.